The molecule has 4 aromatic rings. The molecule has 1 aliphatic heterocycles. The third-order valence-corrected chi connectivity index (χ3v) is 7.28. The average Bonchev–Trinajstić information content (AvgIpc) is 3.10. The van der Waals surface area contributed by atoms with Crippen molar-refractivity contribution in [2.24, 2.45) is 7.05 Å². The van der Waals surface area contributed by atoms with Gasteiger partial charge >= 0.3 is 5.97 Å². The number of hydrogen-bond acceptors (Lipinski definition) is 5. The molecule has 1 atom stereocenters. The Morgan fingerprint density at radius 1 is 1.11 bits per heavy atom. The number of carbonyl (C=O) groups is 1. The summed E-state index contributed by atoms with van der Waals surface area (Å²) >= 11 is 0. The third kappa shape index (κ3) is 4.71. The zero-order valence-corrected chi connectivity index (χ0v) is 21.3. The van der Waals surface area contributed by atoms with Crippen LogP contribution < -0.4 is 4.74 Å². The second-order valence-electron chi connectivity index (χ2n) is 9.87. The third-order valence-electron chi connectivity index (χ3n) is 7.28. The predicted octanol–water partition coefficient (Wildman–Crippen LogP) is 4.89. The summed E-state index contributed by atoms with van der Waals surface area (Å²) in [6.07, 6.45) is 0.0132. The molecule has 0 saturated heterocycles. The van der Waals surface area contributed by atoms with Crippen LogP contribution in [0.25, 0.3) is 11.0 Å². The summed E-state index contributed by atoms with van der Waals surface area (Å²) in [5.41, 5.74) is 9.55. The summed E-state index contributed by atoms with van der Waals surface area (Å²) in [5.74, 6) is -0.133. The molecule has 3 aromatic carbocycles. The molecule has 7 nitrogen and oxygen atoms in total. The maximum Gasteiger partial charge on any atom is 0.304 e. The number of rotatable bonds is 6. The molecule has 1 aromatic heterocycles. The molecule has 0 fully saturated rings. The van der Waals surface area contributed by atoms with E-state index in [1.54, 1.807) is 4.68 Å². The van der Waals surface area contributed by atoms with Gasteiger partial charge in [-0.3, -0.25) is 9.69 Å². The standard InChI is InChI=1S/C29H32N4O3/c1-18-5-10-27-23(13-18)17-33(11-12-36-27)16-22-14-21(7-6-19(22)2)25(15-28(34)35)24-8-9-26-29(20(24)3)30-31-32(26)4/h5-10,13-14,25H,11-12,15-17H2,1-4H3,(H,34,35). The smallest absolute Gasteiger partial charge is 0.304 e. The van der Waals surface area contributed by atoms with Crippen LogP contribution in [0.4, 0.5) is 0 Å². The SMILES string of the molecule is Cc1ccc2c(c1)CN(Cc1cc(C(CC(=O)O)c3ccc4c(nnn4C)c3C)ccc1C)CCO2. The van der Waals surface area contributed by atoms with Gasteiger partial charge in [-0.15, -0.1) is 5.10 Å². The van der Waals surface area contributed by atoms with Crippen LogP contribution in [0.3, 0.4) is 0 Å². The Kier molecular flexibility index (Phi) is 6.49. The maximum atomic E-state index is 11.9. The summed E-state index contributed by atoms with van der Waals surface area (Å²) in [6, 6.07) is 16.7. The molecule has 7 heteroatoms. The first kappa shape index (κ1) is 24.0. The highest BCUT2D eigenvalue weighted by atomic mass is 16.5. The van der Waals surface area contributed by atoms with E-state index in [9.17, 15) is 9.90 Å². The molecule has 0 amide bonds. The van der Waals surface area contributed by atoms with Gasteiger partial charge in [0.2, 0.25) is 0 Å². The van der Waals surface area contributed by atoms with Crippen molar-refractivity contribution in [2.45, 2.75) is 46.2 Å². The molecule has 0 saturated carbocycles. The number of aliphatic carboxylic acids is 1. The van der Waals surface area contributed by atoms with Gasteiger partial charge in [-0.25, -0.2) is 4.68 Å². The minimum atomic E-state index is -0.822. The fourth-order valence-electron chi connectivity index (χ4n) is 5.24. The Morgan fingerprint density at radius 3 is 2.75 bits per heavy atom. The first-order valence-electron chi connectivity index (χ1n) is 12.3. The number of aryl methyl sites for hydroxylation is 4. The molecule has 0 aliphatic carbocycles. The molecular weight excluding hydrogens is 452 g/mol. The number of nitrogens with zero attached hydrogens (tertiary/aromatic N) is 4. The zero-order chi connectivity index (χ0) is 25.4. The Labute approximate surface area is 211 Å². The lowest BCUT2D eigenvalue weighted by Gasteiger charge is -2.23. The fraction of sp³-hybridized carbons (Fsp3) is 0.345. The van der Waals surface area contributed by atoms with E-state index in [2.05, 4.69) is 65.5 Å². The van der Waals surface area contributed by atoms with Gasteiger partial charge in [0.1, 0.15) is 17.9 Å². The summed E-state index contributed by atoms with van der Waals surface area (Å²) in [6.45, 7) is 9.31. The average molecular weight is 485 g/mol. The van der Waals surface area contributed by atoms with Crippen LogP contribution in [0.15, 0.2) is 48.5 Å². The molecule has 186 valence electrons. The Bertz CT molecular complexity index is 1440. The first-order chi connectivity index (χ1) is 17.3. The number of ether oxygens (including phenoxy) is 1. The Balaban J connectivity index is 1.48. The quantitative estimate of drug-likeness (QED) is 0.420. The van der Waals surface area contributed by atoms with Gasteiger partial charge in [-0.2, -0.15) is 0 Å². The van der Waals surface area contributed by atoms with E-state index in [1.807, 2.05) is 26.1 Å². The number of fused-ring (bicyclic) bond motifs is 2. The summed E-state index contributed by atoms with van der Waals surface area (Å²) in [5, 5.41) is 18.3. The lowest BCUT2D eigenvalue weighted by atomic mass is 9.84. The van der Waals surface area contributed by atoms with E-state index in [-0.39, 0.29) is 12.3 Å². The maximum absolute atomic E-state index is 11.9. The molecule has 0 radical (unpaired) electrons. The summed E-state index contributed by atoms with van der Waals surface area (Å²) in [4.78, 5) is 14.3. The van der Waals surface area contributed by atoms with Gasteiger partial charge in [0.05, 0.1) is 11.9 Å². The van der Waals surface area contributed by atoms with E-state index >= 15 is 0 Å². The van der Waals surface area contributed by atoms with Crippen molar-refractivity contribution in [1.82, 2.24) is 19.9 Å². The monoisotopic (exact) mass is 484 g/mol. The predicted molar refractivity (Wildman–Crippen MR) is 139 cm³/mol. The molecule has 1 aliphatic rings. The highest BCUT2D eigenvalue weighted by molar-refractivity contribution is 5.80. The number of carboxylic acids is 1. The largest absolute Gasteiger partial charge is 0.492 e. The molecule has 0 bridgehead atoms. The van der Waals surface area contributed by atoms with Crippen LogP contribution in [0.5, 0.6) is 5.75 Å². The zero-order valence-electron chi connectivity index (χ0n) is 21.3. The summed E-state index contributed by atoms with van der Waals surface area (Å²) in [7, 11) is 1.86. The lowest BCUT2D eigenvalue weighted by molar-refractivity contribution is -0.137. The number of carboxylic acid groups (broad SMARTS) is 1. The van der Waals surface area contributed by atoms with Crippen molar-refractivity contribution < 1.29 is 14.6 Å². The van der Waals surface area contributed by atoms with E-state index in [4.69, 9.17) is 4.74 Å². The van der Waals surface area contributed by atoms with Gasteiger partial charge < -0.3 is 9.84 Å². The van der Waals surface area contributed by atoms with Crippen LogP contribution in [0.1, 0.15) is 51.3 Å². The number of hydrogen-bond donors (Lipinski definition) is 1. The molecule has 36 heavy (non-hydrogen) atoms. The molecule has 1 N–H and O–H groups in total. The highest BCUT2D eigenvalue weighted by Crippen LogP contribution is 2.34. The minimum Gasteiger partial charge on any atom is -0.492 e. The molecule has 0 spiro atoms. The van der Waals surface area contributed by atoms with E-state index < -0.39 is 5.97 Å². The number of benzene rings is 3. The molecule has 2 heterocycles. The van der Waals surface area contributed by atoms with E-state index in [1.165, 1.54) is 22.3 Å². The van der Waals surface area contributed by atoms with E-state index in [0.29, 0.717) is 6.61 Å². The minimum absolute atomic E-state index is 0.0132. The van der Waals surface area contributed by atoms with Crippen molar-refractivity contribution in [3.63, 3.8) is 0 Å². The van der Waals surface area contributed by atoms with Gasteiger partial charge in [0.15, 0.2) is 0 Å². The van der Waals surface area contributed by atoms with Crippen molar-refractivity contribution in [3.8, 4) is 5.75 Å². The summed E-state index contributed by atoms with van der Waals surface area (Å²) < 4.78 is 7.74. The second-order valence-corrected chi connectivity index (χ2v) is 9.87. The van der Waals surface area contributed by atoms with Crippen LogP contribution >= 0.6 is 0 Å². The van der Waals surface area contributed by atoms with Crippen molar-refractivity contribution >= 4 is 17.0 Å². The van der Waals surface area contributed by atoms with Crippen LogP contribution in [0.2, 0.25) is 0 Å². The van der Waals surface area contributed by atoms with E-state index in [0.717, 1.165) is 53.1 Å². The Hall–Kier alpha value is -3.71. The van der Waals surface area contributed by atoms with Gasteiger partial charge in [-0.1, -0.05) is 47.2 Å². The van der Waals surface area contributed by atoms with Gasteiger partial charge in [0.25, 0.3) is 0 Å². The van der Waals surface area contributed by atoms with Crippen molar-refractivity contribution in [2.75, 3.05) is 13.2 Å². The molecular formula is C29H32N4O3. The fourth-order valence-corrected chi connectivity index (χ4v) is 5.24. The lowest BCUT2D eigenvalue weighted by Crippen LogP contribution is -2.25. The highest BCUT2D eigenvalue weighted by Gasteiger charge is 2.23. The van der Waals surface area contributed by atoms with Gasteiger partial charge in [-0.05, 0) is 60.7 Å². The van der Waals surface area contributed by atoms with Crippen LogP contribution in [-0.2, 0) is 24.9 Å². The number of aromatic nitrogens is 3. The van der Waals surface area contributed by atoms with Crippen LogP contribution in [-0.4, -0.2) is 44.1 Å². The first-order valence-corrected chi connectivity index (χ1v) is 12.3. The second kappa shape index (κ2) is 9.74. The van der Waals surface area contributed by atoms with Gasteiger partial charge in [0, 0.05) is 38.2 Å². The normalized spacial score (nSPS) is 14.8. The van der Waals surface area contributed by atoms with Crippen molar-refractivity contribution in [1.29, 1.82) is 0 Å². The molecule has 5 rings (SSSR count). The molecule has 1 unspecified atom stereocenters. The topological polar surface area (TPSA) is 80.5 Å². The Morgan fingerprint density at radius 2 is 1.94 bits per heavy atom. The van der Waals surface area contributed by atoms with Crippen molar-refractivity contribution in [3.05, 3.63) is 87.5 Å². The van der Waals surface area contributed by atoms with Crippen LogP contribution in [0, 0.1) is 20.8 Å².